The maximum absolute atomic E-state index is 13.6. The highest BCUT2D eigenvalue weighted by Crippen LogP contribution is 2.33. The van der Waals surface area contributed by atoms with Gasteiger partial charge in [-0.2, -0.15) is 0 Å². The minimum atomic E-state index is -4.57. The molecule has 0 aromatic heterocycles. The molecule has 0 aliphatic heterocycles. The second-order valence-electron chi connectivity index (χ2n) is 4.15. The van der Waals surface area contributed by atoms with Crippen LogP contribution in [0.2, 0.25) is 15.1 Å². The van der Waals surface area contributed by atoms with Crippen molar-refractivity contribution in [3.05, 3.63) is 56.8 Å². The molecule has 0 unspecified atom stereocenters. The molecular formula is C12H6Cl3F3N2O2S. The lowest BCUT2D eigenvalue weighted by Gasteiger charge is -2.13. The minimum Gasteiger partial charge on any atom is -0.305 e. The zero-order valence-corrected chi connectivity index (χ0v) is 13.9. The van der Waals surface area contributed by atoms with E-state index >= 15 is 0 Å². The molecule has 0 bridgehead atoms. The van der Waals surface area contributed by atoms with Crippen LogP contribution in [0.5, 0.6) is 0 Å². The zero-order chi connectivity index (χ0) is 17.4. The molecule has 23 heavy (non-hydrogen) atoms. The van der Waals surface area contributed by atoms with Gasteiger partial charge in [-0.15, -0.1) is 4.83 Å². The molecule has 0 heterocycles. The summed E-state index contributed by atoms with van der Waals surface area (Å²) >= 11 is 17.4. The molecule has 2 rings (SSSR count). The van der Waals surface area contributed by atoms with Gasteiger partial charge in [0, 0.05) is 5.02 Å². The van der Waals surface area contributed by atoms with Crippen LogP contribution >= 0.6 is 34.8 Å². The standard InChI is InChI=1S/C12H6Cl3F3N2O2S/c13-5-3-6(14)12(7(15)4-5)19-20-23(21,22)9-2-1-8(16)10(17)11(9)18/h1-4,19-20H. The third kappa shape index (κ3) is 3.84. The number of hydrogen-bond donors (Lipinski definition) is 2. The van der Waals surface area contributed by atoms with E-state index in [0.717, 1.165) is 0 Å². The first kappa shape index (κ1) is 18.2. The SMILES string of the molecule is O=S(=O)(NNc1c(Cl)cc(Cl)cc1Cl)c1ccc(F)c(F)c1F. The highest BCUT2D eigenvalue weighted by atomic mass is 35.5. The van der Waals surface area contributed by atoms with E-state index in [-0.39, 0.29) is 20.8 Å². The van der Waals surface area contributed by atoms with E-state index in [1.165, 1.54) is 12.1 Å². The van der Waals surface area contributed by atoms with Crippen LogP contribution in [0.25, 0.3) is 0 Å². The van der Waals surface area contributed by atoms with E-state index in [4.69, 9.17) is 34.8 Å². The first-order valence-corrected chi connectivity index (χ1v) is 8.31. The molecule has 0 atom stereocenters. The summed E-state index contributed by atoms with van der Waals surface area (Å²) in [6.07, 6.45) is 0. The normalized spacial score (nSPS) is 11.6. The largest absolute Gasteiger partial charge is 0.305 e. The number of hydrazine groups is 1. The molecule has 0 radical (unpaired) electrons. The molecule has 0 amide bonds. The molecule has 4 nitrogen and oxygen atoms in total. The summed E-state index contributed by atoms with van der Waals surface area (Å²) < 4.78 is 63.5. The first-order valence-electron chi connectivity index (χ1n) is 5.69. The highest BCUT2D eigenvalue weighted by Gasteiger charge is 2.24. The van der Waals surface area contributed by atoms with Gasteiger partial charge in [0.25, 0.3) is 10.0 Å². The molecule has 0 aliphatic carbocycles. The van der Waals surface area contributed by atoms with Crippen molar-refractivity contribution in [2.75, 3.05) is 5.43 Å². The van der Waals surface area contributed by atoms with Gasteiger partial charge >= 0.3 is 0 Å². The molecule has 0 fully saturated rings. The Morgan fingerprint density at radius 2 is 1.48 bits per heavy atom. The lowest BCUT2D eigenvalue weighted by Crippen LogP contribution is -2.30. The van der Waals surface area contributed by atoms with Crippen LogP contribution in [0.3, 0.4) is 0 Å². The van der Waals surface area contributed by atoms with E-state index in [1.54, 1.807) is 4.83 Å². The van der Waals surface area contributed by atoms with Gasteiger partial charge in [-0.3, -0.25) is 0 Å². The number of rotatable bonds is 4. The van der Waals surface area contributed by atoms with Gasteiger partial charge in [0.15, 0.2) is 17.5 Å². The Balaban J connectivity index is 2.32. The van der Waals surface area contributed by atoms with Crippen LogP contribution in [-0.4, -0.2) is 8.42 Å². The quantitative estimate of drug-likeness (QED) is 0.587. The predicted molar refractivity (Wildman–Crippen MR) is 81.7 cm³/mol. The van der Waals surface area contributed by atoms with Crippen molar-refractivity contribution in [2.24, 2.45) is 0 Å². The van der Waals surface area contributed by atoms with Gasteiger partial charge in [-0.1, -0.05) is 34.8 Å². The van der Waals surface area contributed by atoms with Gasteiger partial charge < -0.3 is 5.43 Å². The predicted octanol–water partition coefficient (Wildman–Crippen LogP) is 4.37. The van der Waals surface area contributed by atoms with Crippen molar-refractivity contribution >= 4 is 50.5 Å². The Bertz CT molecular complexity index is 855. The zero-order valence-electron chi connectivity index (χ0n) is 10.8. The lowest BCUT2D eigenvalue weighted by atomic mass is 10.3. The second kappa shape index (κ2) is 6.74. The van der Waals surface area contributed by atoms with E-state index in [1.807, 2.05) is 0 Å². The maximum atomic E-state index is 13.6. The molecule has 0 aliphatic rings. The Labute approximate surface area is 144 Å². The fourth-order valence-electron chi connectivity index (χ4n) is 1.55. The lowest BCUT2D eigenvalue weighted by molar-refractivity contribution is 0.432. The molecular weight excluding hydrogens is 400 g/mol. The fraction of sp³-hybridized carbons (Fsp3) is 0. The Hall–Kier alpha value is -1.19. The Morgan fingerprint density at radius 1 is 0.913 bits per heavy atom. The van der Waals surface area contributed by atoms with Crippen LogP contribution in [0.1, 0.15) is 0 Å². The maximum Gasteiger partial charge on any atom is 0.260 e. The molecule has 2 N–H and O–H groups in total. The minimum absolute atomic E-state index is 0.0176. The number of halogens is 6. The summed E-state index contributed by atoms with van der Waals surface area (Å²) in [5, 5.41) is 0.173. The molecule has 2 aromatic rings. The molecule has 2 aromatic carbocycles. The topological polar surface area (TPSA) is 58.2 Å². The number of benzene rings is 2. The average Bonchev–Trinajstić information content (AvgIpc) is 2.43. The van der Waals surface area contributed by atoms with Crippen LogP contribution in [0.4, 0.5) is 18.9 Å². The average molecular weight is 406 g/mol. The third-order valence-corrected chi connectivity index (χ3v) is 4.69. The summed E-state index contributed by atoms with van der Waals surface area (Å²) in [5.41, 5.74) is 2.11. The van der Waals surface area contributed by atoms with Gasteiger partial charge in [0.2, 0.25) is 0 Å². The van der Waals surface area contributed by atoms with Crippen molar-refractivity contribution in [1.29, 1.82) is 0 Å². The van der Waals surface area contributed by atoms with Crippen molar-refractivity contribution in [3.63, 3.8) is 0 Å². The third-order valence-electron chi connectivity index (χ3n) is 2.61. The molecule has 0 saturated carbocycles. The molecule has 0 spiro atoms. The van der Waals surface area contributed by atoms with Crippen molar-refractivity contribution in [3.8, 4) is 0 Å². The smallest absolute Gasteiger partial charge is 0.260 e. The Kier molecular flexibility index (Phi) is 5.32. The van der Waals surface area contributed by atoms with Crippen molar-refractivity contribution in [2.45, 2.75) is 4.90 Å². The molecule has 0 saturated heterocycles. The summed E-state index contributed by atoms with van der Waals surface area (Å²) in [4.78, 5) is 0.669. The number of nitrogens with one attached hydrogen (secondary N) is 2. The summed E-state index contributed by atoms with van der Waals surface area (Å²) in [7, 11) is -4.57. The van der Waals surface area contributed by atoms with Gasteiger partial charge in [0.1, 0.15) is 4.90 Å². The van der Waals surface area contributed by atoms with E-state index in [2.05, 4.69) is 5.43 Å². The fourth-order valence-corrected chi connectivity index (χ4v) is 3.38. The highest BCUT2D eigenvalue weighted by molar-refractivity contribution is 7.89. The number of hydrogen-bond acceptors (Lipinski definition) is 3. The molecule has 11 heteroatoms. The number of sulfonamides is 1. The summed E-state index contributed by atoms with van der Waals surface area (Å²) in [6.45, 7) is 0. The monoisotopic (exact) mass is 404 g/mol. The van der Waals surface area contributed by atoms with E-state index in [0.29, 0.717) is 12.1 Å². The summed E-state index contributed by atoms with van der Waals surface area (Å²) in [5.74, 6) is -5.28. The van der Waals surface area contributed by atoms with E-state index in [9.17, 15) is 21.6 Å². The summed E-state index contributed by atoms with van der Waals surface area (Å²) in [6, 6.07) is 3.62. The van der Waals surface area contributed by atoms with Gasteiger partial charge in [0.05, 0.1) is 15.7 Å². The van der Waals surface area contributed by atoms with Crippen LogP contribution in [0.15, 0.2) is 29.2 Å². The van der Waals surface area contributed by atoms with Crippen molar-refractivity contribution in [1.82, 2.24) is 4.83 Å². The second-order valence-corrected chi connectivity index (χ2v) is 7.05. The van der Waals surface area contributed by atoms with Gasteiger partial charge in [-0.05, 0) is 24.3 Å². The Morgan fingerprint density at radius 3 is 2.04 bits per heavy atom. The van der Waals surface area contributed by atoms with Crippen LogP contribution < -0.4 is 10.3 Å². The molecule has 124 valence electrons. The van der Waals surface area contributed by atoms with Crippen LogP contribution in [-0.2, 0) is 10.0 Å². The van der Waals surface area contributed by atoms with Crippen LogP contribution in [0, 0.1) is 17.5 Å². The van der Waals surface area contributed by atoms with Crippen molar-refractivity contribution < 1.29 is 21.6 Å². The van der Waals surface area contributed by atoms with Gasteiger partial charge in [-0.25, -0.2) is 21.6 Å². The first-order chi connectivity index (χ1) is 10.6. The number of anilines is 1. The van der Waals surface area contributed by atoms with E-state index < -0.39 is 32.4 Å².